The Hall–Kier alpha value is -1.39. The van der Waals surface area contributed by atoms with Crippen LogP contribution in [0.15, 0.2) is 18.2 Å². The summed E-state index contributed by atoms with van der Waals surface area (Å²) in [6, 6.07) is 6.37. The highest BCUT2D eigenvalue weighted by Crippen LogP contribution is 2.29. The Bertz CT molecular complexity index is 562. The minimum absolute atomic E-state index is 0.00538. The maximum atomic E-state index is 11.2. The molecule has 1 heterocycles. The van der Waals surface area contributed by atoms with Gasteiger partial charge in [0.25, 0.3) is 0 Å². The summed E-state index contributed by atoms with van der Waals surface area (Å²) in [5.41, 5.74) is 3.77. The lowest BCUT2D eigenvalue weighted by Gasteiger charge is -2.38. The third-order valence-electron chi connectivity index (χ3n) is 4.87. The van der Waals surface area contributed by atoms with Gasteiger partial charge in [0.05, 0.1) is 12.2 Å². The van der Waals surface area contributed by atoms with Crippen molar-refractivity contribution in [3.05, 3.63) is 29.3 Å². The highest BCUT2D eigenvalue weighted by atomic mass is 16.5. The quantitative estimate of drug-likeness (QED) is 0.932. The molecule has 3 atom stereocenters. The molecule has 1 aromatic rings. The average molecular weight is 316 g/mol. The molecule has 1 aromatic carbocycles. The van der Waals surface area contributed by atoms with Crippen molar-refractivity contribution in [2.75, 3.05) is 25.0 Å². The fourth-order valence-electron chi connectivity index (χ4n) is 4.07. The van der Waals surface area contributed by atoms with Crippen LogP contribution in [0.4, 0.5) is 5.69 Å². The third-order valence-corrected chi connectivity index (χ3v) is 4.87. The first-order valence-corrected chi connectivity index (χ1v) is 8.77. The molecular weight excluding hydrogens is 288 g/mol. The zero-order chi connectivity index (χ0) is 16.4. The molecule has 4 heteroatoms. The molecular formula is C19H28N2O2. The van der Waals surface area contributed by atoms with Crippen LogP contribution in [-0.4, -0.2) is 42.6 Å². The predicted octanol–water partition coefficient (Wildman–Crippen LogP) is 2.86. The molecule has 126 valence electrons. The number of nitrogens with one attached hydrogen (secondary N) is 1. The summed E-state index contributed by atoms with van der Waals surface area (Å²) >= 11 is 0. The van der Waals surface area contributed by atoms with Crippen LogP contribution < -0.4 is 5.32 Å². The summed E-state index contributed by atoms with van der Waals surface area (Å²) in [5.74, 6) is 0.723. The zero-order valence-electron chi connectivity index (χ0n) is 14.5. The van der Waals surface area contributed by atoms with Crippen molar-refractivity contribution in [3.8, 4) is 0 Å². The summed E-state index contributed by atoms with van der Waals surface area (Å²) in [4.78, 5) is 13.8. The van der Waals surface area contributed by atoms with Gasteiger partial charge in [-0.05, 0) is 62.3 Å². The lowest BCUT2D eigenvalue weighted by molar-refractivity contribution is -0.114. The van der Waals surface area contributed by atoms with Crippen molar-refractivity contribution in [2.24, 2.45) is 5.92 Å². The first-order chi connectivity index (χ1) is 11.0. The van der Waals surface area contributed by atoms with Crippen molar-refractivity contribution in [1.82, 2.24) is 4.90 Å². The molecule has 0 spiro atoms. The Kier molecular flexibility index (Phi) is 5.02. The molecule has 1 saturated heterocycles. The summed E-state index contributed by atoms with van der Waals surface area (Å²) in [5, 5.41) is 2.88. The van der Waals surface area contributed by atoms with Gasteiger partial charge in [0.2, 0.25) is 5.91 Å². The second-order valence-corrected chi connectivity index (χ2v) is 7.25. The van der Waals surface area contributed by atoms with Gasteiger partial charge in [-0.2, -0.15) is 0 Å². The van der Waals surface area contributed by atoms with E-state index in [2.05, 4.69) is 36.2 Å². The van der Waals surface area contributed by atoms with Crippen LogP contribution >= 0.6 is 0 Å². The van der Waals surface area contributed by atoms with Crippen LogP contribution in [0.2, 0.25) is 0 Å². The van der Waals surface area contributed by atoms with Crippen molar-refractivity contribution in [3.63, 3.8) is 0 Å². The number of hydrogen-bond donors (Lipinski definition) is 1. The van der Waals surface area contributed by atoms with Gasteiger partial charge in [-0.1, -0.05) is 6.07 Å². The lowest BCUT2D eigenvalue weighted by Crippen LogP contribution is -2.47. The zero-order valence-corrected chi connectivity index (χ0v) is 14.5. The average Bonchev–Trinajstić information content (AvgIpc) is 2.45. The van der Waals surface area contributed by atoms with Crippen molar-refractivity contribution in [1.29, 1.82) is 0 Å². The number of rotatable bonds is 3. The summed E-state index contributed by atoms with van der Waals surface area (Å²) in [6.45, 7) is 9.17. The van der Waals surface area contributed by atoms with E-state index in [1.165, 1.54) is 24.1 Å². The molecule has 23 heavy (non-hydrogen) atoms. The van der Waals surface area contributed by atoms with E-state index in [1.807, 2.05) is 6.07 Å². The Labute approximate surface area is 139 Å². The van der Waals surface area contributed by atoms with Crippen molar-refractivity contribution >= 4 is 11.6 Å². The van der Waals surface area contributed by atoms with E-state index >= 15 is 0 Å². The number of anilines is 1. The minimum atomic E-state index is -0.00538. The molecule has 2 aliphatic rings. The van der Waals surface area contributed by atoms with Crippen molar-refractivity contribution < 1.29 is 9.53 Å². The molecule has 0 saturated carbocycles. The van der Waals surface area contributed by atoms with Crippen LogP contribution in [0, 0.1) is 5.92 Å². The van der Waals surface area contributed by atoms with Gasteiger partial charge < -0.3 is 10.1 Å². The number of fused-ring (bicyclic) bond motifs is 1. The standard InChI is InChI=1S/C19H28N2O2/c1-13-10-21(11-14(2)23-13)12-16-4-5-18-9-19(20-15(3)22)7-6-17(18)8-16/h6-7,9,13-14,16H,4-5,8,10-12H2,1-3H3,(H,20,22). The number of benzene rings is 1. The van der Waals surface area contributed by atoms with E-state index in [4.69, 9.17) is 4.74 Å². The van der Waals surface area contributed by atoms with E-state index in [0.29, 0.717) is 12.2 Å². The van der Waals surface area contributed by atoms with Gasteiger partial charge in [-0.3, -0.25) is 9.69 Å². The third kappa shape index (κ3) is 4.33. The molecule has 1 N–H and O–H groups in total. The maximum absolute atomic E-state index is 11.2. The molecule has 3 rings (SSSR count). The summed E-state index contributed by atoms with van der Waals surface area (Å²) in [7, 11) is 0. The Morgan fingerprint density at radius 2 is 2.00 bits per heavy atom. The summed E-state index contributed by atoms with van der Waals surface area (Å²) in [6.07, 6.45) is 4.18. The topological polar surface area (TPSA) is 41.6 Å². The first kappa shape index (κ1) is 16.5. The maximum Gasteiger partial charge on any atom is 0.221 e. The SMILES string of the molecule is CC(=O)Nc1ccc2c(c1)CCC(CN1CC(C)OC(C)C1)C2. The number of amides is 1. The smallest absolute Gasteiger partial charge is 0.221 e. The van der Waals surface area contributed by atoms with E-state index < -0.39 is 0 Å². The van der Waals surface area contributed by atoms with Gasteiger partial charge >= 0.3 is 0 Å². The van der Waals surface area contributed by atoms with Crippen LogP contribution in [0.3, 0.4) is 0 Å². The van der Waals surface area contributed by atoms with Gasteiger partial charge in [0.15, 0.2) is 0 Å². The molecule has 0 radical (unpaired) electrons. The van der Waals surface area contributed by atoms with Gasteiger partial charge in [0.1, 0.15) is 0 Å². The number of carbonyl (C=O) groups excluding carboxylic acids is 1. The molecule has 1 fully saturated rings. The number of aryl methyl sites for hydroxylation is 1. The molecule has 4 nitrogen and oxygen atoms in total. The van der Waals surface area contributed by atoms with Crippen LogP contribution in [-0.2, 0) is 22.4 Å². The normalized spacial score (nSPS) is 28.2. The van der Waals surface area contributed by atoms with E-state index in [1.54, 1.807) is 6.92 Å². The minimum Gasteiger partial charge on any atom is -0.373 e. The van der Waals surface area contributed by atoms with Gasteiger partial charge in [-0.15, -0.1) is 0 Å². The lowest BCUT2D eigenvalue weighted by atomic mass is 9.83. The highest BCUT2D eigenvalue weighted by molar-refractivity contribution is 5.88. The molecule has 0 bridgehead atoms. The monoisotopic (exact) mass is 316 g/mol. The number of carbonyl (C=O) groups is 1. The van der Waals surface area contributed by atoms with E-state index in [-0.39, 0.29) is 5.91 Å². The second kappa shape index (κ2) is 7.02. The number of nitrogens with zero attached hydrogens (tertiary/aromatic N) is 1. The summed E-state index contributed by atoms with van der Waals surface area (Å²) < 4.78 is 5.83. The molecule has 1 amide bonds. The van der Waals surface area contributed by atoms with Crippen molar-refractivity contribution in [2.45, 2.75) is 52.2 Å². The van der Waals surface area contributed by atoms with Crippen LogP contribution in [0.5, 0.6) is 0 Å². The van der Waals surface area contributed by atoms with Gasteiger partial charge in [0, 0.05) is 32.2 Å². The Morgan fingerprint density at radius 3 is 2.70 bits per heavy atom. The number of morpholine rings is 1. The molecule has 1 aliphatic carbocycles. The van der Waals surface area contributed by atoms with Gasteiger partial charge in [-0.25, -0.2) is 0 Å². The van der Waals surface area contributed by atoms with E-state index in [9.17, 15) is 4.79 Å². The molecule has 3 unspecified atom stereocenters. The Balaban J connectivity index is 1.60. The largest absolute Gasteiger partial charge is 0.373 e. The second-order valence-electron chi connectivity index (χ2n) is 7.25. The fraction of sp³-hybridized carbons (Fsp3) is 0.632. The molecule has 1 aliphatic heterocycles. The van der Waals surface area contributed by atoms with E-state index in [0.717, 1.165) is 37.5 Å². The number of ether oxygens (including phenoxy) is 1. The fourth-order valence-corrected chi connectivity index (χ4v) is 4.07. The molecule has 0 aromatic heterocycles. The van der Waals surface area contributed by atoms with Crippen LogP contribution in [0.1, 0.15) is 38.3 Å². The highest BCUT2D eigenvalue weighted by Gasteiger charge is 2.26. The van der Waals surface area contributed by atoms with Crippen LogP contribution in [0.25, 0.3) is 0 Å². The predicted molar refractivity (Wildman–Crippen MR) is 92.7 cm³/mol. The number of hydrogen-bond acceptors (Lipinski definition) is 3. The Morgan fingerprint density at radius 1 is 1.26 bits per heavy atom. The first-order valence-electron chi connectivity index (χ1n) is 8.77.